The number of rotatable bonds is 3. The molecule has 1 fully saturated rings. The van der Waals surface area contributed by atoms with Crippen LogP contribution in [0.25, 0.3) is 0 Å². The van der Waals surface area contributed by atoms with E-state index >= 15 is 0 Å². The molecule has 142 valence electrons. The fourth-order valence-electron chi connectivity index (χ4n) is 3.62. The van der Waals surface area contributed by atoms with Crippen LogP contribution >= 0.6 is 0 Å². The number of ether oxygens (including phenoxy) is 2. The van der Waals surface area contributed by atoms with E-state index in [2.05, 4.69) is 4.74 Å². The molecule has 27 heavy (non-hydrogen) atoms. The highest BCUT2D eigenvalue weighted by Gasteiger charge is 2.32. The Hall–Kier alpha value is -2.67. The average Bonchev–Trinajstić information content (AvgIpc) is 3.11. The van der Waals surface area contributed by atoms with Gasteiger partial charge >= 0.3 is 12.6 Å². The largest absolute Gasteiger partial charge is 0.435 e. The van der Waals surface area contributed by atoms with Gasteiger partial charge in [0.1, 0.15) is 11.9 Å². The summed E-state index contributed by atoms with van der Waals surface area (Å²) in [6, 6.07) is 14.3. The van der Waals surface area contributed by atoms with Crippen molar-refractivity contribution in [2.75, 3.05) is 31.1 Å². The number of para-hydroxylation sites is 1. The first kappa shape index (κ1) is 17.7. The monoisotopic (exact) mass is 374 g/mol. The number of fused-ring (bicyclic) bond motifs is 1. The molecule has 2 aliphatic rings. The zero-order valence-corrected chi connectivity index (χ0v) is 14.7. The molecule has 0 aliphatic carbocycles. The second kappa shape index (κ2) is 7.52. The molecule has 0 saturated carbocycles. The van der Waals surface area contributed by atoms with Gasteiger partial charge in [0, 0.05) is 18.8 Å². The van der Waals surface area contributed by atoms with E-state index in [1.165, 1.54) is 17.7 Å². The standard InChI is InChI=1S/C20H20F2N2O3/c21-19(22)27-16-6-3-5-15(12-16)18-13-23(10-11-26-18)20(25)24-9-8-14-4-1-2-7-17(14)24/h1-7,12,18-19H,8-11,13H2. The Balaban J connectivity index is 1.48. The number of urea groups is 1. The van der Waals surface area contributed by atoms with Crippen molar-refractivity contribution < 1.29 is 23.0 Å². The number of nitrogens with zero attached hydrogens (tertiary/aromatic N) is 2. The van der Waals surface area contributed by atoms with E-state index in [1.54, 1.807) is 21.9 Å². The topological polar surface area (TPSA) is 42.0 Å². The number of hydrogen-bond acceptors (Lipinski definition) is 3. The Labute approximate surface area is 156 Å². The fourth-order valence-corrected chi connectivity index (χ4v) is 3.62. The number of halogens is 2. The fraction of sp³-hybridized carbons (Fsp3) is 0.350. The molecule has 0 bridgehead atoms. The summed E-state index contributed by atoms with van der Waals surface area (Å²) < 4.78 is 35.1. The SMILES string of the molecule is O=C(N1CCOC(c2cccc(OC(F)F)c2)C1)N1CCc2ccccc21. The molecule has 2 aromatic carbocycles. The van der Waals surface area contributed by atoms with Crippen LogP contribution < -0.4 is 9.64 Å². The summed E-state index contributed by atoms with van der Waals surface area (Å²) in [7, 11) is 0. The Bertz CT molecular complexity index is 830. The maximum atomic E-state index is 13.0. The molecule has 2 heterocycles. The van der Waals surface area contributed by atoms with E-state index in [0.29, 0.717) is 31.8 Å². The zero-order valence-electron chi connectivity index (χ0n) is 14.7. The highest BCUT2D eigenvalue weighted by atomic mass is 19.3. The van der Waals surface area contributed by atoms with Crippen molar-refractivity contribution in [2.45, 2.75) is 19.1 Å². The maximum Gasteiger partial charge on any atom is 0.387 e. The number of hydrogen-bond donors (Lipinski definition) is 0. The van der Waals surface area contributed by atoms with Gasteiger partial charge < -0.3 is 14.4 Å². The number of carbonyl (C=O) groups is 1. The van der Waals surface area contributed by atoms with Crippen molar-refractivity contribution in [3.63, 3.8) is 0 Å². The Morgan fingerprint density at radius 3 is 2.85 bits per heavy atom. The zero-order chi connectivity index (χ0) is 18.8. The third-order valence-corrected chi connectivity index (χ3v) is 4.91. The predicted molar refractivity (Wildman–Crippen MR) is 96.2 cm³/mol. The second-order valence-corrected chi connectivity index (χ2v) is 6.57. The van der Waals surface area contributed by atoms with E-state index in [-0.39, 0.29) is 17.9 Å². The molecule has 0 N–H and O–H groups in total. The number of benzene rings is 2. The lowest BCUT2D eigenvalue weighted by molar-refractivity contribution is -0.0503. The van der Waals surface area contributed by atoms with Crippen LogP contribution in [0.15, 0.2) is 48.5 Å². The van der Waals surface area contributed by atoms with Crippen molar-refractivity contribution in [1.82, 2.24) is 4.90 Å². The van der Waals surface area contributed by atoms with Gasteiger partial charge in [0.25, 0.3) is 0 Å². The molecule has 2 amide bonds. The summed E-state index contributed by atoms with van der Waals surface area (Å²) in [6.07, 6.45) is 0.477. The summed E-state index contributed by atoms with van der Waals surface area (Å²) in [5, 5.41) is 0. The van der Waals surface area contributed by atoms with E-state index in [9.17, 15) is 13.6 Å². The molecule has 5 nitrogen and oxygen atoms in total. The van der Waals surface area contributed by atoms with E-state index in [0.717, 1.165) is 12.1 Å². The first-order valence-electron chi connectivity index (χ1n) is 8.92. The highest BCUT2D eigenvalue weighted by molar-refractivity contribution is 5.94. The Kier molecular flexibility index (Phi) is 4.94. The van der Waals surface area contributed by atoms with Gasteiger partial charge in [-0.25, -0.2) is 4.79 Å². The summed E-state index contributed by atoms with van der Waals surface area (Å²) in [6.45, 7) is -0.943. The summed E-state index contributed by atoms with van der Waals surface area (Å²) in [5.41, 5.74) is 2.85. The quantitative estimate of drug-likeness (QED) is 0.820. The van der Waals surface area contributed by atoms with E-state index < -0.39 is 6.61 Å². The van der Waals surface area contributed by atoms with Gasteiger partial charge in [0.05, 0.1) is 13.2 Å². The van der Waals surface area contributed by atoms with Gasteiger partial charge in [0.15, 0.2) is 0 Å². The number of amides is 2. The van der Waals surface area contributed by atoms with Crippen LogP contribution in [0.5, 0.6) is 5.75 Å². The van der Waals surface area contributed by atoms with Crippen molar-refractivity contribution >= 4 is 11.7 Å². The maximum absolute atomic E-state index is 13.0. The molecule has 7 heteroatoms. The second-order valence-electron chi connectivity index (χ2n) is 6.57. The molecular weight excluding hydrogens is 354 g/mol. The lowest BCUT2D eigenvalue weighted by Gasteiger charge is -2.35. The van der Waals surface area contributed by atoms with Crippen LogP contribution in [-0.2, 0) is 11.2 Å². The Morgan fingerprint density at radius 2 is 2.00 bits per heavy atom. The highest BCUT2D eigenvalue weighted by Crippen LogP contribution is 2.31. The predicted octanol–water partition coefficient (Wildman–Crippen LogP) is 3.84. The van der Waals surface area contributed by atoms with Crippen LogP contribution in [0.4, 0.5) is 19.3 Å². The van der Waals surface area contributed by atoms with Gasteiger partial charge in [0.2, 0.25) is 0 Å². The summed E-state index contributed by atoms with van der Waals surface area (Å²) in [4.78, 5) is 16.6. The van der Waals surface area contributed by atoms with Crippen molar-refractivity contribution in [3.05, 3.63) is 59.7 Å². The van der Waals surface area contributed by atoms with Crippen molar-refractivity contribution in [2.24, 2.45) is 0 Å². The van der Waals surface area contributed by atoms with Gasteiger partial charge in [-0.15, -0.1) is 0 Å². The third-order valence-electron chi connectivity index (χ3n) is 4.91. The van der Waals surface area contributed by atoms with Gasteiger partial charge in [-0.2, -0.15) is 8.78 Å². The first-order chi connectivity index (χ1) is 13.1. The minimum atomic E-state index is -2.87. The number of carbonyl (C=O) groups excluding carboxylic acids is 1. The smallest absolute Gasteiger partial charge is 0.387 e. The number of anilines is 1. The molecule has 0 spiro atoms. The first-order valence-corrected chi connectivity index (χ1v) is 8.92. The molecule has 0 aromatic heterocycles. The summed E-state index contributed by atoms with van der Waals surface area (Å²) in [5.74, 6) is 0.0861. The molecule has 2 aromatic rings. The lowest BCUT2D eigenvalue weighted by atomic mass is 10.1. The molecule has 2 aliphatic heterocycles. The van der Waals surface area contributed by atoms with Crippen molar-refractivity contribution in [1.29, 1.82) is 0 Å². The normalized spacial score (nSPS) is 19.3. The molecule has 4 rings (SSSR count). The van der Waals surface area contributed by atoms with Crippen LogP contribution in [0.2, 0.25) is 0 Å². The van der Waals surface area contributed by atoms with Gasteiger partial charge in [-0.05, 0) is 35.7 Å². The Morgan fingerprint density at radius 1 is 1.15 bits per heavy atom. The summed E-state index contributed by atoms with van der Waals surface area (Å²) >= 11 is 0. The van der Waals surface area contributed by atoms with Crippen LogP contribution in [-0.4, -0.2) is 43.8 Å². The van der Waals surface area contributed by atoms with Gasteiger partial charge in [-0.1, -0.05) is 30.3 Å². The van der Waals surface area contributed by atoms with E-state index in [1.807, 2.05) is 24.3 Å². The van der Waals surface area contributed by atoms with E-state index in [4.69, 9.17) is 4.74 Å². The minimum absolute atomic E-state index is 0.0479. The van der Waals surface area contributed by atoms with Crippen LogP contribution in [0, 0.1) is 0 Å². The molecule has 0 radical (unpaired) electrons. The third kappa shape index (κ3) is 3.73. The molecule has 1 unspecified atom stereocenters. The van der Waals surface area contributed by atoms with Crippen LogP contribution in [0.1, 0.15) is 17.2 Å². The molecule has 1 saturated heterocycles. The number of alkyl halides is 2. The minimum Gasteiger partial charge on any atom is -0.435 e. The lowest BCUT2D eigenvalue weighted by Crippen LogP contribution is -2.48. The molecular formula is C20H20F2N2O3. The average molecular weight is 374 g/mol. The number of morpholine rings is 1. The van der Waals surface area contributed by atoms with Crippen molar-refractivity contribution in [3.8, 4) is 5.75 Å². The van der Waals surface area contributed by atoms with Gasteiger partial charge in [-0.3, -0.25) is 4.90 Å². The molecule has 1 atom stereocenters. The van der Waals surface area contributed by atoms with Crippen LogP contribution in [0.3, 0.4) is 0 Å².